The first-order valence-electron chi connectivity index (χ1n) is 9.71. The van der Waals surface area contributed by atoms with Crippen LogP contribution in [0.1, 0.15) is 33.6 Å². The van der Waals surface area contributed by atoms with Crippen molar-refractivity contribution in [2.24, 2.45) is 5.92 Å². The normalized spacial score (nSPS) is 17.5. The van der Waals surface area contributed by atoms with Crippen LogP contribution in [0.4, 0.5) is 0 Å². The van der Waals surface area contributed by atoms with E-state index in [4.69, 9.17) is 0 Å². The topological polar surface area (TPSA) is 84.0 Å². The molecule has 2 aromatic rings. The van der Waals surface area contributed by atoms with Gasteiger partial charge in [0.15, 0.2) is 0 Å². The SMILES string of the molecule is COC(=O)c1ccc(CN(C)C(=O)[C@@H]2CCCN(S(=O)(=O)c3ccc(C)s3)C2)cc1. The number of nitrogens with zero attached hydrogens (tertiary/aromatic N) is 2. The van der Waals surface area contributed by atoms with E-state index in [9.17, 15) is 18.0 Å². The predicted molar refractivity (Wildman–Crippen MR) is 115 cm³/mol. The summed E-state index contributed by atoms with van der Waals surface area (Å²) >= 11 is 1.25. The summed E-state index contributed by atoms with van der Waals surface area (Å²) in [5.41, 5.74) is 1.33. The van der Waals surface area contributed by atoms with Crippen molar-refractivity contribution in [2.45, 2.75) is 30.5 Å². The molecular weight excluding hydrogens is 424 g/mol. The molecule has 0 radical (unpaired) electrons. The Labute approximate surface area is 181 Å². The van der Waals surface area contributed by atoms with E-state index in [1.54, 1.807) is 48.3 Å². The van der Waals surface area contributed by atoms with Gasteiger partial charge in [-0.3, -0.25) is 4.79 Å². The van der Waals surface area contributed by atoms with Crippen molar-refractivity contribution >= 4 is 33.2 Å². The molecule has 9 heteroatoms. The molecule has 0 bridgehead atoms. The number of piperidine rings is 1. The summed E-state index contributed by atoms with van der Waals surface area (Å²) < 4.78 is 32.3. The van der Waals surface area contributed by atoms with Crippen LogP contribution in [-0.2, 0) is 26.1 Å². The summed E-state index contributed by atoms with van der Waals surface area (Å²) in [7, 11) is -0.526. The van der Waals surface area contributed by atoms with E-state index in [-0.39, 0.29) is 18.4 Å². The van der Waals surface area contributed by atoms with Crippen LogP contribution in [0.15, 0.2) is 40.6 Å². The van der Waals surface area contributed by atoms with Gasteiger partial charge in [0.25, 0.3) is 10.0 Å². The molecule has 1 saturated heterocycles. The summed E-state index contributed by atoms with van der Waals surface area (Å²) in [5, 5.41) is 0. The quantitative estimate of drug-likeness (QED) is 0.632. The highest BCUT2D eigenvalue weighted by Gasteiger charge is 2.35. The van der Waals surface area contributed by atoms with Gasteiger partial charge in [0.2, 0.25) is 5.91 Å². The number of rotatable bonds is 6. The number of hydrogen-bond donors (Lipinski definition) is 0. The van der Waals surface area contributed by atoms with Gasteiger partial charge in [0, 0.05) is 31.6 Å². The van der Waals surface area contributed by atoms with Crippen LogP contribution in [-0.4, -0.2) is 56.7 Å². The van der Waals surface area contributed by atoms with Crippen LogP contribution in [0.5, 0.6) is 0 Å². The molecule has 1 amide bonds. The number of aryl methyl sites for hydroxylation is 1. The number of thiophene rings is 1. The maximum absolute atomic E-state index is 13.0. The summed E-state index contributed by atoms with van der Waals surface area (Å²) in [6, 6.07) is 10.3. The Hall–Kier alpha value is -2.23. The van der Waals surface area contributed by atoms with Gasteiger partial charge < -0.3 is 9.64 Å². The van der Waals surface area contributed by atoms with Crippen molar-refractivity contribution in [3.05, 3.63) is 52.4 Å². The van der Waals surface area contributed by atoms with Gasteiger partial charge in [-0.15, -0.1) is 11.3 Å². The van der Waals surface area contributed by atoms with Crippen molar-refractivity contribution in [1.29, 1.82) is 0 Å². The summed E-state index contributed by atoms with van der Waals surface area (Å²) in [6.07, 6.45) is 1.32. The molecule has 162 valence electrons. The lowest BCUT2D eigenvalue weighted by molar-refractivity contribution is -0.135. The lowest BCUT2D eigenvalue weighted by Crippen LogP contribution is -2.45. The first-order chi connectivity index (χ1) is 14.2. The van der Waals surface area contributed by atoms with Crippen LogP contribution in [0.2, 0.25) is 0 Å². The molecule has 30 heavy (non-hydrogen) atoms. The van der Waals surface area contributed by atoms with Gasteiger partial charge in [0.1, 0.15) is 4.21 Å². The second kappa shape index (κ2) is 9.28. The van der Waals surface area contributed by atoms with Crippen molar-refractivity contribution < 1.29 is 22.7 Å². The minimum absolute atomic E-state index is 0.0747. The fraction of sp³-hybridized carbons (Fsp3) is 0.429. The summed E-state index contributed by atoms with van der Waals surface area (Å²) in [4.78, 5) is 27.1. The van der Waals surface area contributed by atoms with E-state index >= 15 is 0 Å². The van der Waals surface area contributed by atoms with Gasteiger partial charge in [-0.05, 0) is 49.6 Å². The number of benzene rings is 1. The average Bonchev–Trinajstić information content (AvgIpc) is 3.20. The van der Waals surface area contributed by atoms with E-state index in [1.807, 2.05) is 6.92 Å². The maximum atomic E-state index is 13.0. The third-order valence-corrected chi connectivity index (χ3v) is 8.55. The zero-order valence-electron chi connectivity index (χ0n) is 17.3. The van der Waals surface area contributed by atoms with E-state index in [2.05, 4.69) is 4.74 Å². The highest BCUT2D eigenvalue weighted by atomic mass is 32.2. The van der Waals surface area contributed by atoms with Gasteiger partial charge in [-0.2, -0.15) is 4.31 Å². The van der Waals surface area contributed by atoms with Gasteiger partial charge in [0.05, 0.1) is 18.6 Å². The lowest BCUT2D eigenvalue weighted by atomic mass is 9.98. The summed E-state index contributed by atoms with van der Waals surface area (Å²) in [5.74, 6) is -0.848. The zero-order valence-corrected chi connectivity index (χ0v) is 19.0. The number of carbonyl (C=O) groups excluding carboxylic acids is 2. The molecule has 1 aliphatic heterocycles. The molecule has 0 saturated carbocycles. The van der Waals surface area contributed by atoms with E-state index in [1.165, 1.54) is 22.8 Å². The van der Waals surface area contributed by atoms with Crippen LogP contribution >= 0.6 is 11.3 Å². The fourth-order valence-electron chi connectivity index (χ4n) is 3.57. The third-order valence-electron chi connectivity index (χ3n) is 5.21. The van der Waals surface area contributed by atoms with Crippen molar-refractivity contribution in [3.63, 3.8) is 0 Å². The van der Waals surface area contributed by atoms with E-state index < -0.39 is 16.0 Å². The van der Waals surface area contributed by atoms with E-state index in [0.717, 1.165) is 10.4 Å². The molecule has 0 N–H and O–H groups in total. The minimum atomic E-state index is -3.57. The van der Waals surface area contributed by atoms with Crippen LogP contribution in [0, 0.1) is 12.8 Å². The molecule has 1 aliphatic rings. The van der Waals surface area contributed by atoms with Crippen LogP contribution in [0.25, 0.3) is 0 Å². The van der Waals surface area contributed by atoms with Crippen LogP contribution in [0.3, 0.4) is 0 Å². The highest BCUT2D eigenvalue weighted by Crippen LogP contribution is 2.29. The van der Waals surface area contributed by atoms with Gasteiger partial charge in [-0.1, -0.05) is 12.1 Å². The number of sulfonamides is 1. The minimum Gasteiger partial charge on any atom is -0.465 e. The maximum Gasteiger partial charge on any atom is 0.337 e. The van der Waals surface area contributed by atoms with Crippen molar-refractivity contribution in [1.82, 2.24) is 9.21 Å². The molecule has 1 aromatic carbocycles. The predicted octanol–water partition coefficient (Wildman–Crippen LogP) is 2.90. The molecule has 0 unspecified atom stereocenters. The number of amides is 1. The molecular formula is C21H26N2O5S2. The molecule has 7 nitrogen and oxygen atoms in total. The third kappa shape index (κ3) is 4.91. The largest absolute Gasteiger partial charge is 0.465 e. The molecule has 0 spiro atoms. The first-order valence-corrected chi connectivity index (χ1v) is 12.0. The Morgan fingerprint density at radius 2 is 1.90 bits per heavy atom. The Balaban J connectivity index is 1.65. The molecule has 1 atom stereocenters. The molecule has 1 fully saturated rings. The number of hydrogen-bond acceptors (Lipinski definition) is 6. The number of esters is 1. The smallest absolute Gasteiger partial charge is 0.337 e. The van der Waals surface area contributed by atoms with Crippen LogP contribution < -0.4 is 0 Å². The van der Waals surface area contributed by atoms with Gasteiger partial charge >= 0.3 is 5.97 Å². The average molecular weight is 451 g/mol. The summed E-state index contributed by atoms with van der Waals surface area (Å²) in [6.45, 7) is 2.89. The van der Waals surface area contributed by atoms with Crippen molar-refractivity contribution in [3.8, 4) is 0 Å². The Kier molecular flexibility index (Phi) is 6.95. The lowest BCUT2D eigenvalue weighted by Gasteiger charge is -2.33. The van der Waals surface area contributed by atoms with E-state index in [0.29, 0.717) is 35.7 Å². The highest BCUT2D eigenvalue weighted by molar-refractivity contribution is 7.91. The standard InChI is InChI=1S/C21H26N2O5S2/c1-15-6-11-19(29-15)30(26,27)23-12-4-5-18(14-23)20(24)22(2)13-16-7-9-17(10-8-16)21(25)28-3/h6-11,18H,4-5,12-14H2,1-3H3/t18-/m1/s1. The monoisotopic (exact) mass is 450 g/mol. The first kappa shape index (κ1) is 22.5. The fourth-order valence-corrected chi connectivity index (χ4v) is 6.53. The zero-order chi connectivity index (χ0) is 21.9. The Bertz CT molecular complexity index is 1010. The van der Waals surface area contributed by atoms with Crippen molar-refractivity contribution in [2.75, 3.05) is 27.2 Å². The molecule has 2 heterocycles. The molecule has 0 aliphatic carbocycles. The van der Waals surface area contributed by atoms with Gasteiger partial charge in [-0.25, -0.2) is 13.2 Å². The molecule has 1 aromatic heterocycles. The Morgan fingerprint density at radius 1 is 1.20 bits per heavy atom. The number of carbonyl (C=O) groups is 2. The second-order valence-electron chi connectivity index (χ2n) is 7.45. The number of ether oxygens (including phenoxy) is 1. The molecule has 3 rings (SSSR count). The second-order valence-corrected chi connectivity index (χ2v) is 10.9. The number of methoxy groups -OCH3 is 1. The Morgan fingerprint density at radius 3 is 2.50 bits per heavy atom.